The maximum atomic E-state index is 12.0. The minimum absolute atomic E-state index is 0.242. The fourth-order valence-corrected chi connectivity index (χ4v) is 2.82. The minimum Gasteiger partial charge on any atom is -0.333 e. The van der Waals surface area contributed by atoms with Crippen molar-refractivity contribution in [1.29, 1.82) is 0 Å². The van der Waals surface area contributed by atoms with E-state index in [9.17, 15) is 9.59 Å². The van der Waals surface area contributed by atoms with E-state index in [1.54, 1.807) is 0 Å². The van der Waals surface area contributed by atoms with Gasteiger partial charge in [0.25, 0.3) is 0 Å². The summed E-state index contributed by atoms with van der Waals surface area (Å²) in [7, 11) is 0. The molecule has 25 heavy (non-hydrogen) atoms. The van der Waals surface area contributed by atoms with Gasteiger partial charge in [-0.25, -0.2) is 4.79 Å². The van der Waals surface area contributed by atoms with Crippen molar-refractivity contribution < 1.29 is 9.59 Å². The summed E-state index contributed by atoms with van der Waals surface area (Å²) in [6.07, 6.45) is 0. The molecular formula is C18H27ClN4O2. The van der Waals surface area contributed by atoms with Crippen molar-refractivity contribution in [3.63, 3.8) is 0 Å². The summed E-state index contributed by atoms with van der Waals surface area (Å²) in [6.45, 7) is 10.1. The van der Waals surface area contributed by atoms with Gasteiger partial charge < -0.3 is 5.32 Å². The fourth-order valence-electron chi connectivity index (χ4n) is 2.69. The van der Waals surface area contributed by atoms with Crippen molar-refractivity contribution >= 4 is 23.5 Å². The van der Waals surface area contributed by atoms with Crippen LogP contribution in [0.1, 0.15) is 26.3 Å². The molecule has 0 aromatic heterocycles. The number of imide groups is 1. The Morgan fingerprint density at radius 1 is 1.04 bits per heavy atom. The topological polar surface area (TPSA) is 64.7 Å². The summed E-state index contributed by atoms with van der Waals surface area (Å²) in [5.41, 5.74) is 0.868. The number of carbonyl (C=O) groups is 2. The maximum Gasteiger partial charge on any atom is 0.321 e. The average molecular weight is 367 g/mol. The lowest BCUT2D eigenvalue weighted by molar-refractivity contribution is -0.121. The fraction of sp³-hybridized carbons (Fsp3) is 0.556. The van der Waals surface area contributed by atoms with Crippen LogP contribution in [0, 0.1) is 0 Å². The molecule has 1 aromatic rings. The van der Waals surface area contributed by atoms with Gasteiger partial charge in [-0.2, -0.15) is 0 Å². The van der Waals surface area contributed by atoms with E-state index in [1.807, 2.05) is 45.0 Å². The number of hydrogen-bond acceptors (Lipinski definition) is 4. The molecule has 0 atom stereocenters. The SMILES string of the molecule is CC(C)(C)NC(=O)NC(=O)CN1CCN(Cc2ccc(Cl)cc2)CC1. The molecule has 6 nitrogen and oxygen atoms in total. The smallest absolute Gasteiger partial charge is 0.321 e. The van der Waals surface area contributed by atoms with Crippen LogP contribution in [0.2, 0.25) is 5.02 Å². The molecule has 0 spiro atoms. The second kappa shape index (κ2) is 8.65. The van der Waals surface area contributed by atoms with Gasteiger partial charge in [0.05, 0.1) is 6.54 Å². The second-order valence-corrected chi connectivity index (χ2v) is 7.87. The normalized spacial score (nSPS) is 16.5. The van der Waals surface area contributed by atoms with Gasteiger partial charge in [0.2, 0.25) is 5.91 Å². The van der Waals surface area contributed by atoms with E-state index < -0.39 is 6.03 Å². The predicted octanol–water partition coefficient (Wildman–Crippen LogP) is 2.08. The van der Waals surface area contributed by atoms with Crippen LogP contribution in [0.5, 0.6) is 0 Å². The van der Waals surface area contributed by atoms with Crippen LogP contribution in [-0.2, 0) is 11.3 Å². The van der Waals surface area contributed by atoms with Crippen LogP contribution in [0.4, 0.5) is 4.79 Å². The quantitative estimate of drug-likeness (QED) is 0.856. The Balaban J connectivity index is 1.70. The maximum absolute atomic E-state index is 12.0. The van der Waals surface area contributed by atoms with E-state index in [0.29, 0.717) is 0 Å². The summed E-state index contributed by atoms with van der Waals surface area (Å²) in [4.78, 5) is 28.1. The molecule has 7 heteroatoms. The van der Waals surface area contributed by atoms with Gasteiger partial charge in [-0.15, -0.1) is 0 Å². The van der Waals surface area contributed by atoms with Crippen LogP contribution in [-0.4, -0.2) is 60.0 Å². The zero-order valence-electron chi connectivity index (χ0n) is 15.1. The molecule has 0 aliphatic carbocycles. The van der Waals surface area contributed by atoms with Crippen molar-refractivity contribution in [2.75, 3.05) is 32.7 Å². The Kier molecular flexibility index (Phi) is 6.81. The first-order valence-corrected chi connectivity index (χ1v) is 8.90. The highest BCUT2D eigenvalue weighted by atomic mass is 35.5. The molecular weight excluding hydrogens is 340 g/mol. The zero-order chi connectivity index (χ0) is 18.4. The number of hydrogen-bond donors (Lipinski definition) is 2. The van der Waals surface area contributed by atoms with Gasteiger partial charge in [0, 0.05) is 43.3 Å². The number of amides is 3. The highest BCUT2D eigenvalue weighted by Gasteiger charge is 2.21. The Labute approximate surface area is 154 Å². The van der Waals surface area contributed by atoms with Crippen molar-refractivity contribution in [3.8, 4) is 0 Å². The average Bonchev–Trinajstić information content (AvgIpc) is 2.49. The lowest BCUT2D eigenvalue weighted by Crippen LogP contribution is -2.52. The van der Waals surface area contributed by atoms with Crippen molar-refractivity contribution in [3.05, 3.63) is 34.9 Å². The number of nitrogens with zero attached hydrogens (tertiary/aromatic N) is 2. The molecule has 1 heterocycles. The highest BCUT2D eigenvalue weighted by molar-refractivity contribution is 6.30. The molecule has 0 saturated carbocycles. The molecule has 1 aliphatic rings. The summed E-state index contributed by atoms with van der Waals surface area (Å²) >= 11 is 5.91. The number of nitrogens with one attached hydrogen (secondary N) is 2. The Morgan fingerprint density at radius 2 is 1.60 bits per heavy atom. The first kappa shape index (κ1) is 19.7. The van der Waals surface area contributed by atoms with Crippen molar-refractivity contribution in [2.45, 2.75) is 32.9 Å². The summed E-state index contributed by atoms with van der Waals surface area (Å²) in [6, 6.07) is 7.44. The van der Waals surface area contributed by atoms with Crippen molar-refractivity contribution in [1.82, 2.24) is 20.4 Å². The summed E-state index contributed by atoms with van der Waals surface area (Å²) in [5, 5.41) is 5.85. The van der Waals surface area contributed by atoms with Crippen LogP contribution in [0.15, 0.2) is 24.3 Å². The molecule has 2 N–H and O–H groups in total. The van der Waals surface area contributed by atoms with Gasteiger partial charge in [-0.05, 0) is 38.5 Å². The van der Waals surface area contributed by atoms with Gasteiger partial charge in [-0.3, -0.25) is 19.9 Å². The third-order valence-electron chi connectivity index (χ3n) is 3.89. The Bertz CT molecular complexity index is 590. The number of carbonyl (C=O) groups excluding carboxylic acids is 2. The molecule has 0 unspecified atom stereocenters. The Morgan fingerprint density at radius 3 is 2.16 bits per heavy atom. The molecule has 1 saturated heterocycles. The van der Waals surface area contributed by atoms with E-state index in [-0.39, 0.29) is 18.0 Å². The lowest BCUT2D eigenvalue weighted by atomic mass is 10.1. The third-order valence-corrected chi connectivity index (χ3v) is 4.15. The van der Waals surface area contributed by atoms with Crippen molar-refractivity contribution in [2.24, 2.45) is 0 Å². The third kappa shape index (κ3) is 7.42. The predicted molar refractivity (Wildman–Crippen MR) is 99.6 cm³/mol. The zero-order valence-corrected chi connectivity index (χ0v) is 15.9. The van der Waals surface area contributed by atoms with Crippen LogP contribution >= 0.6 is 11.6 Å². The molecule has 138 valence electrons. The largest absolute Gasteiger partial charge is 0.333 e. The van der Waals surface area contributed by atoms with Gasteiger partial charge in [0.1, 0.15) is 0 Å². The molecule has 0 bridgehead atoms. The number of halogens is 1. The van der Waals surface area contributed by atoms with E-state index in [4.69, 9.17) is 11.6 Å². The molecule has 1 aromatic carbocycles. The number of benzene rings is 1. The standard InChI is InChI=1S/C18H27ClN4O2/c1-18(2,3)21-17(25)20-16(24)13-23-10-8-22(9-11-23)12-14-4-6-15(19)7-5-14/h4-7H,8-13H2,1-3H3,(H2,20,21,24,25). The second-order valence-electron chi connectivity index (χ2n) is 7.43. The lowest BCUT2D eigenvalue weighted by Gasteiger charge is -2.34. The van der Waals surface area contributed by atoms with E-state index in [1.165, 1.54) is 5.56 Å². The molecule has 0 radical (unpaired) electrons. The molecule has 3 amide bonds. The monoisotopic (exact) mass is 366 g/mol. The van der Waals surface area contributed by atoms with E-state index in [0.717, 1.165) is 37.7 Å². The summed E-state index contributed by atoms with van der Waals surface area (Å²) < 4.78 is 0. The minimum atomic E-state index is -0.445. The molecule has 2 rings (SSSR count). The van der Waals surface area contributed by atoms with E-state index >= 15 is 0 Å². The van der Waals surface area contributed by atoms with Crippen LogP contribution in [0.3, 0.4) is 0 Å². The number of rotatable bonds is 4. The number of urea groups is 1. The van der Waals surface area contributed by atoms with Crippen LogP contribution < -0.4 is 10.6 Å². The van der Waals surface area contributed by atoms with Gasteiger partial charge in [-0.1, -0.05) is 23.7 Å². The molecule has 1 fully saturated rings. The highest BCUT2D eigenvalue weighted by Crippen LogP contribution is 2.12. The van der Waals surface area contributed by atoms with E-state index in [2.05, 4.69) is 20.4 Å². The Hall–Kier alpha value is -1.63. The van der Waals surface area contributed by atoms with Gasteiger partial charge in [0.15, 0.2) is 0 Å². The van der Waals surface area contributed by atoms with Gasteiger partial charge >= 0.3 is 6.03 Å². The first-order chi connectivity index (χ1) is 11.7. The van der Waals surface area contributed by atoms with Crippen LogP contribution in [0.25, 0.3) is 0 Å². The number of piperazine rings is 1. The molecule has 1 aliphatic heterocycles. The summed E-state index contributed by atoms with van der Waals surface area (Å²) in [5.74, 6) is -0.270. The first-order valence-electron chi connectivity index (χ1n) is 8.52.